The van der Waals surface area contributed by atoms with Crippen molar-refractivity contribution in [2.24, 2.45) is 5.73 Å². The highest BCUT2D eigenvalue weighted by atomic mass is 35.5. The summed E-state index contributed by atoms with van der Waals surface area (Å²) in [5.41, 5.74) is 7.44. The standard InChI is InChI=1S/C14H15ClN2O/c15-13-4-1-3-11(9-13)12-5-6-14(18)17(10-12)8-2-7-16/h1,3-6,9-10H,2,7-8,16H2. The number of nitrogens with two attached hydrogens (primary N) is 1. The van der Waals surface area contributed by atoms with Crippen molar-refractivity contribution in [2.75, 3.05) is 6.54 Å². The number of nitrogens with zero attached hydrogens (tertiary/aromatic N) is 1. The van der Waals surface area contributed by atoms with Crippen LogP contribution in [0.1, 0.15) is 6.42 Å². The summed E-state index contributed by atoms with van der Waals surface area (Å²) >= 11 is 5.96. The minimum atomic E-state index is -0.00534. The molecule has 2 N–H and O–H groups in total. The van der Waals surface area contributed by atoms with Gasteiger partial charge in [-0.2, -0.15) is 0 Å². The third kappa shape index (κ3) is 3.00. The minimum Gasteiger partial charge on any atom is -0.330 e. The van der Waals surface area contributed by atoms with Crippen molar-refractivity contribution >= 4 is 11.6 Å². The number of hydrogen-bond donors (Lipinski definition) is 1. The van der Waals surface area contributed by atoms with Crippen LogP contribution in [-0.2, 0) is 6.54 Å². The van der Waals surface area contributed by atoms with Crippen LogP contribution in [0.5, 0.6) is 0 Å². The molecule has 0 aliphatic heterocycles. The van der Waals surface area contributed by atoms with Crippen molar-refractivity contribution in [3.8, 4) is 11.1 Å². The molecule has 0 spiro atoms. The Hall–Kier alpha value is -1.58. The van der Waals surface area contributed by atoms with Gasteiger partial charge in [-0.05, 0) is 42.3 Å². The summed E-state index contributed by atoms with van der Waals surface area (Å²) in [6.45, 7) is 1.22. The van der Waals surface area contributed by atoms with E-state index in [-0.39, 0.29) is 5.56 Å². The number of hydrogen-bond acceptors (Lipinski definition) is 2. The van der Waals surface area contributed by atoms with Gasteiger partial charge in [-0.1, -0.05) is 23.7 Å². The normalized spacial score (nSPS) is 10.6. The first-order chi connectivity index (χ1) is 8.70. The van der Waals surface area contributed by atoms with Crippen LogP contribution in [-0.4, -0.2) is 11.1 Å². The molecule has 0 saturated carbocycles. The van der Waals surface area contributed by atoms with Gasteiger partial charge < -0.3 is 10.3 Å². The van der Waals surface area contributed by atoms with E-state index in [0.29, 0.717) is 18.1 Å². The molecular formula is C14H15ClN2O. The fourth-order valence-corrected chi connectivity index (χ4v) is 2.00. The van der Waals surface area contributed by atoms with Crippen LogP contribution in [0.15, 0.2) is 47.4 Å². The summed E-state index contributed by atoms with van der Waals surface area (Å²) in [5, 5.41) is 0.687. The van der Waals surface area contributed by atoms with E-state index < -0.39 is 0 Å². The van der Waals surface area contributed by atoms with Crippen LogP contribution in [0, 0.1) is 0 Å². The lowest BCUT2D eigenvalue weighted by Gasteiger charge is -2.08. The molecule has 0 amide bonds. The molecule has 3 nitrogen and oxygen atoms in total. The Kier molecular flexibility index (Phi) is 4.18. The second-order valence-electron chi connectivity index (χ2n) is 4.10. The minimum absolute atomic E-state index is 0.00534. The molecule has 4 heteroatoms. The van der Waals surface area contributed by atoms with Crippen LogP contribution in [0.25, 0.3) is 11.1 Å². The van der Waals surface area contributed by atoms with E-state index in [1.54, 1.807) is 10.6 Å². The van der Waals surface area contributed by atoms with E-state index in [1.807, 2.05) is 36.5 Å². The topological polar surface area (TPSA) is 48.0 Å². The van der Waals surface area contributed by atoms with Gasteiger partial charge in [0.2, 0.25) is 0 Å². The van der Waals surface area contributed by atoms with Crippen LogP contribution < -0.4 is 11.3 Å². The highest BCUT2D eigenvalue weighted by Gasteiger charge is 2.02. The smallest absolute Gasteiger partial charge is 0.250 e. The van der Waals surface area contributed by atoms with E-state index in [0.717, 1.165) is 17.5 Å². The zero-order valence-electron chi connectivity index (χ0n) is 9.97. The molecule has 18 heavy (non-hydrogen) atoms. The number of pyridine rings is 1. The maximum absolute atomic E-state index is 11.7. The summed E-state index contributed by atoms with van der Waals surface area (Å²) in [4.78, 5) is 11.7. The lowest BCUT2D eigenvalue weighted by Crippen LogP contribution is -2.20. The van der Waals surface area contributed by atoms with Gasteiger partial charge in [0.25, 0.3) is 5.56 Å². The SMILES string of the molecule is NCCCn1cc(-c2cccc(Cl)c2)ccc1=O. The zero-order valence-corrected chi connectivity index (χ0v) is 10.7. The average Bonchev–Trinajstić information content (AvgIpc) is 2.38. The van der Waals surface area contributed by atoms with Gasteiger partial charge in [0.05, 0.1) is 0 Å². The monoisotopic (exact) mass is 262 g/mol. The quantitative estimate of drug-likeness (QED) is 0.920. The molecule has 94 valence electrons. The van der Waals surface area contributed by atoms with E-state index in [2.05, 4.69) is 0 Å². The van der Waals surface area contributed by atoms with Crippen molar-refractivity contribution in [1.82, 2.24) is 4.57 Å². The van der Waals surface area contributed by atoms with Gasteiger partial charge in [-0.25, -0.2) is 0 Å². The van der Waals surface area contributed by atoms with Gasteiger partial charge in [0.1, 0.15) is 0 Å². The molecule has 2 rings (SSSR count). The highest BCUT2D eigenvalue weighted by molar-refractivity contribution is 6.30. The van der Waals surface area contributed by atoms with Gasteiger partial charge in [-0.3, -0.25) is 4.79 Å². The van der Waals surface area contributed by atoms with Crippen LogP contribution in [0.4, 0.5) is 0 Å². The van der Waals surface area contributed by atoms with E-state index >= 15 is 0 Å². The Balaban J connectivity index is 2.37. The Morgan fingerprint density at radius 2 is 2.00 bits per heavy atom. The third-order valence-corrected chi connectivity index (χ3v) is 2.98. The Morgan fingerprint density at radius 1 is 1.17 bits per heavy atom. The molecule has 1 heterocycles. The molecule has 0 unspecified atom stereocenters. The number of aryl methyl sites for hydroxylation is 1. The first-order valence-electron chi connectivity index (χ1n) is 5.87. The van der Waals surface area contributed by atoms with Crippen molar-refractivity contribution in [3.63, 3.8) is 0 Å². The summed E-state index contributed by atoms with van der Waals surface area (Å²) < 4.78 is 1.68. The fraction of sp³-hybridized carbons (Fsp3) is 0.214. The van der Waals surface area contributed by atoms with Crippen molar-refractivity contribution < 1.29 is 0 Å². The lowest BCUT2D eigenvalue weighted by atomic mass is 10.1. The predicted octanol–water partition coefficient (Wildman–Crippen LogP) is 2.52. The van der Waals surface area contributed by atoms with E-state index in [4.69, 9.17) is 17.3 Å². The predicted molar refractivity (Wildman–Crippen MR) is 74.8 cm³/mol. The second-order valence-corrected chi connectivity index (χ2v) is 4.54. The Morgan fingerprint density at radius 3 is 2.72 bits per heavy atom. The maximum atomic E-state index is 11.7. The fourth-order valence-electron chi connectivity index (χ4n) is 1.81. The van der Waals surface area contributed by atoms with Crippen molar-refractivity contribution in [3.05, 3.63) is 58.0 Å². The largest absolute Gasteiger partial charge is 0.330 e. The molecule has 0 atom stereocenters. The molecule has 1 aromatic carbocycles. The van der Waals surface area contributed by atoms with E-state index in [9.17, 15) is 4.79 Å². The van der Waals surface area contributed by atoms with Crippen molar-refractivity contribution in [2.45, 2.75) is 13.0 Å². The lowest BCUT2D eigenvalue weighted by molar-refractivity contribution is 0.630. The molecule has 0 bridgehead atoms. The molecule has 2 aromatic rings. The summed E-state index contributed by atoms with van der Waals surface area (Å²) in [6, 6.07) is 11.0. The molecule has 1 aromatic heterocycles. The second kappa shape index (κ2) is 5.85. The number of halogens is 1. The van der Waals surface area contributed by atoms with Crippen molar-refractivity contribution in [1.29, 1.82) is 0 Å². The van der Waals surface area contributed by atoms with Crippen LogP contribution in [0.3, 0.4) is 0 Å². The first kappa shape index (κ1) is 12.9. The maximum Gasteiger partial charge on any atom is 0.250 e. The first-order valence-corrected chi connectivity index (χ1v) is 6.25. The summed E-state index contributed by atoms with van der Waals surface area (Å²) in [6.07, 6.45) is 2.64. The van der Waals surface area contributed by atoms with Crippen LogP contribution in [0.2, 0.25) is 5.02 Å². The molecule has 0 aliphatic carbocycles. The Labute approximate surface area is 111 Å². The van der Waals surface area contributed by atoms with Gasteiger partial charge in [0, 0.05) is 23.8 Å². The Bertz CT molecular complexity index is 592. The molecular weight excluding hydrogens is 248 g/mol. The number of benzene rings is 1. The average molecular weight is 263 g/mol. The molecule has 0 aliphatic rings. The van der Waals surface area contributed by atoms with E-state index in [1.165, 1.54) is 0 Å². The number of aromatic nitrogens is 1. The van der Waals surface area contributed by atoms with Gasteiger partial charge >= 0.3 is 0 Å². The summed E-state index contributed by atoms with van der Waals surface area (Å²) in [7, 11) is 0. The molecule has 0 saturated heterocycles. The van der Waals surface area contributed by atoms with Gasteiger partial charge in [0.15, 0.2) is 0 Å². The van der Waals surface area contributed by atoms with Crippen LogP contribution >= 0.6 is 11.6 Å². The number of rotatable bonds is 4. The van der Waals surface area contributed by atoms with Gasteiger partial charge in [-0.15, -0.1) is 0 Å². The third-order valence-electron chi connectivity index (χ3n) is 2.74. The molecule has 0 fully saturated rings. The highest BCUT2D eigenvalue weighted by Crippen LogP contribution is 2.21. The summed E-state index contributed by atoms with van der Waals surface area (Å²) in [5.74, 6) is 0. The molecule has 0 radical (unpaired) electrons. The zero-order chi connectivity index (χ0) is 13.0.